The van der Waals surface area contributed by atoms with E-state index in [-0.39, 0.29) is 5.69 Å². The van der Waals surface area contributed by atoms with Crippen LogP contribution in [0, 0.1) is 0 Å². The Morgan fingerprint density at radius 2 is 2.35 bits per heavy atom. The summed E-state index contributed by atoms with van der Waals surface area (Å²) >= 11 is 1.79. The number of thioether (sulfide) groups is 1. The monoisotopic (exact) mass is 255 g/mol. The van der Waals surface area contributed by atoms with Crippen LogP contribution in [0.1, 0.15) is 16.9 Å². The zero-order valence-corrected chi connectivity index (χ0v) is 10.8. The van der Waals surface area contributed by atoms with Gasteiger partial charge < -0.3 is 15.8 Å². The van der Waals surface area contributed by atoms with Crippen molar-refractivity contribution in [2.75, 3.05) is 36.7 Å². The lowest BCUT2D eigenvalue weighted by Gasteiger charge is -2.09. The molecule has 0 spiro atoms. The number of nitrogens with one attached hydrogen (secondary N) is 1. The Balaban J connectivity index is 2.66. The second-order valence-corrected chi connectivity index (χ2v) is 4.38. The molecule has 0 aliphatic heterocycles. The van der Waals surface area contributed by atoms with Crippen LogP contribution in [-0.2, 0) is 4.74 Å². The summed E-state index contributed by atoms with van der Waals surface area (Å²) in [6.45, 7) is 0.780. The summed E-state index contributed by atoms with van der Waals surface area (Å²) in [5, 5.41) is 3.11. The van der Waals surface area contributed by atoms with Gasteiger partial charge in [-0.2, -0.15) is 11.8 Å². The first-order valence-electron chi connectivity index (χ1n) is 5.26. The number of methoxy groups -OCH3 is 1. The highest BCUT2D eigenvalue weighted by Crippen LogP contribution is 2.16. The average molecular weight is 255 g/mol. The van der Waals surface area contributed by atoms with Crippen molar-refractivity contribution in [2.24, 2.45) is 0 Å². The molecule has 94 valence electrons. The fourth-order valence-electron chi connectivity index (χ4n) is 1.25. The van der Waals surface area contributed by atoms with Crippen LogP contribution in [-0.4, -0.2) is 36.6 Å². The van der Waals surface area contributed by atoms with E-state index >= 15 is 0 Å². The number of rotatable bonds is 6. The van der Waals surface area contributed by atoms with E-state index in [0.717, 1.165) is 18.7 Å². The van der Waals surface area contributed by atoms with E-state index in [2.05, 4.69) is 21.3 Å². The van der Waals surface area contributed by atoms with Crippen molar-refractivity contribution in [2.45, 2.75) is 6.42 Å². The van der Waals surface area contributed by atoms with Gasteiger partial charge in [0.15, 0.2) is 5.69 Å². The predicted molar refractivity (Wildman–Crippen MR) is 71.5 cm³/mol. The number of hydrogen-bond donors (Lipinski definition) is 2. The van der Waals surface area contributed by atoms with Gasteiger partial charge in [0.1, 0.15) is 5.82 Å². The largest absolute Gasteiger partial charge is 0.464 e. The van der Waals surface area contributed by atoms with Gasteiger partial charge in [0.05, 0.1) is 12.8 Å². The van der Waals surface area contributed by atoms with Gasteiger partial charge in [-0.1, -0.05) is 0 Å². The second-order valence-electron chi connectivity index (χ2n) is 3.40. The number of esters is 1. The molecule has 0 atom stereocenters. The zero-order valence-electron chi connectivity index (χ0n) is 10.0. The topological polar surface area (TPSA) is 77.2 Å². The molecule has 1 rings (SSSR count). The minimum atomic E-state index is -0.461. The van der Waals surface area contributed by atoms with Gasteiger partial charge in [-0.25, -0.2) is 9.78 Å². The number of anilines is 2. The van der Waals surface area contributed by atoms with Gasteiger partial charge in [-0.3, -0.25) is 0 Å². The molecule has 1 heterocycles. The number of carbonyl (C=O) groups excluding carboxylic acids is 1. The summed E-state index contributed by atoms with van der Waals surface area (Å²) < 4.78 is 4.60. The van der Waals surface area contributed by atoms with Crippen LogP contribution >= 0.6 is 11.8 Å². The van der Waals surface area contributed by atoms with E-state index in [1.165, 1.54) is 7.11 Å². The number of hydrogen-bond acceptors (Lipinski definition) is 6. The maximum atomic E-state index is 11.3. The number of nitrogen functional groups attached to an aromatic ring is 1. The molecule has 0 aliphatic rings. The maximum Gasteiger partial charge on any atom is 0.356 e. The fourth-order valence-corrected chi connectivity index (χ4v) is 1.69. The SMILES string of the molecule is COC(=O)c1ccc(N)c(NCCCSC)n1. The molecule has 0 radical (unpaired) electrons. The Kier molecular flexibility index (Phi) is 5.62. The number of nitrogens with zero attached hydrogens (tertiary/aromatic N) is 1. The van der Waals surface area contributed by atoms with E-state index in [9.17, 15) is 4.79 Å². The van der Waals surface area contributed by atoms with Gasteiger partial charge in [0.25, 0.3) is 0 Å². The molecule has 17 heavy (non-hydrogen) atoms. The van der Waals surface area contributed by atoms with Crippen molar-refractivity contribution in [3.63, 3.8) is 0 Å². The van der Waals surface area contributed by atoms with Gasteiger partial charge in [-0.05, 0) is 30.6 Å². The molecule has 0 saturated carbocycles. The maximum absolute atomic E-state index is 11.3. The lowest BCUT2D eigenvalue weighted by molar-refractivity contribution is 0.0594. The van der Waals surface area contributed by atoms with Gasteiger partial charge >= 0.3 is 5.97 Å². The highest BCUT2D eigenvalue weighted by Gasteiger charge is 2.09. The molecule has 0 fully saturated rings. The van der Waals surface area contributed by atoms with Crippen LogP contribution in [0.15, 0.2) is 12.1 Å². The summed E-state index contributed by atoms with van der Waals surface area (Å²) in [7, 11) is 1.33. The Morgan fingerprint density at radius 1 is 1.59 bits per heavy atom. The highest BCUT2D eigenvalue weighted by atomic mass is 32.2. The first kappa shape index (κ1) is 13.6. The minimum Gasteiger partial charge on any atom is -0.464 e. The highest BCUT2D eigenvalue weighted by molar-refractivity contribution is 7.98. The van der Waals surface area contributed by atoms with E-state index < -0.39 is 5.97 Å². The molecular weight excluding hydrogens is 238 g/mol. The van der Waals surface area contributed by atoms with Crippen LogP contribution < -0.4 is 11.1 Å². The molecule has 0 saturated heterocycles. The first-order chi connectivity index (χ1) is 8.19. The third kappa shape index (κ3) is 4.14. The molecule has 0 aliphatic carbocycles. The smallest absolute Gasteiger partial charge is 0.356 e. The Morgan fingerprint density at radius 3 is 3.00 bits per heavy atom. The van der Waals surface area contributed by atoms with Crippen molar-refractivity contribution in [3.8, 4) is 0 Å². The van der Waals surface area contributed by atoms with Crippen molar-refractivity contribution >= 4 is 29.2 Å². The third-order valence-electron chi connectivity index (χ3n) is 2.14. The summed E-state index contributed by atoms with van der Waals surface area (Å²) in [6, 6.07) is 3.20. The van der Waals surface area contributed by atoms with E-state index in [4.69, 9.17) is 5.73 Å². The van der Waals surface area contributed by atoms with Crippen LogP contribution in [0.5, 0.6) is 0 Å². The van der Waals surface area contributed by atoms with Crippen LogP contribution in [0.2, 0.25) is 0 Å². The summed E-state index contributed by atoms with van der Waals surface area (Å²) in [5.74, 6) is 1.15. The number of aromatic nitrogens is 1. The fraction of sp³-hybridized carbons (Fsp3) is 0.455. The standard InChI is InChI=1S/C11H17N3O2S/c1-16-11(15)9-5-4-8(12)10(14-9)13-6-3-7-17-2/h4-5H,3,6-7,12H2,1-2H3,(H,13,14). The number of pyridine rings is 1. The molecule has 0 amide bonds. The minimum absolute atomic E-state index is 0.258. The lowest BCUT2D eigenvalue weighted by Crippen LogP contribution is -2.11. The number of ether oxygens (including phenoxy) is 1. The molecule has 0 bridgehead atoms. The van der Waals surface area contributed by atoms with Crippen LogP contribution in [0.4, 0.5) is 11.5 Å². The molecule has 0 unspecified atom stereocenters. The second kappa shape index (κ2) is 7.01. The molecule has 3 N–H and O–H groups in total. The summed E-state index contributed by atoms with van der Waals surface area (Å²) in [6.07, 6.45) is 3.08. The Bertz CT molecular complexity index is 385. The van der Waals surface area contributed by atoms with Crippen molar-refractivity contribution < 1.29 is 9.53 Å². The number of carbonyl (C=O) groups is 1. The molecule has 6 heteroatoms. The van der Waals surface area contributed by atoms with Crippen LogP contribution in [0.25, 0.3) is 0 Å². The summed E-state index contributed by atoms with van der Waals surface area (Å²) in [4.78, 5) is 15.4. The molecular formula is C11H17N3O2S. The lowest BCUT2D eigenvalue weighted by atomic mass is 10.3. The predicted octanol–water partition coefficient (Wildman–Crippen LogP) is 1.62. The zero-order chi connectivity index (χ0) is 12.7. The van der Waals surface area contributed by atoms with Crippen molar-refractivity contribution in [1.82, 2.24) is 4.98 Å². The quantitative estimate of drug-likeness (QED) is 0.594. The molecule has 1 aromatic heterocycles. The average Bonchev–Trinajstić information content (AvgIpc) is 2.35. The van der Waals surface area contributed by atoms with Crippen molar-refractivity contribution in [3.05, 3.63) is 17.8 Å². The van der Waals surface area contributed by atoms with Crippen molar-refractivity contribution in [1.29, 1.82) is 0 Å². The van der Waals surface area contributed by atoms with Gasteiger partial charge in [0, 0.05) is 6.54 Å². The Hall–Kier alpha value is -1.43. The van der Waals surface area contributed by atoms with E-state index in [1.807, 2.05) is 0 Å². The molecule has 0 aromatic carbocycles. The van der Waals surface area contributed by atoms with Crippen LogP contribution in [0.3, 0.4) is 0 Å². The third-order valence-corrected chi connectivity index (χ3v) is 2.84. The normalized spacial score (nSPS) is 10.0. The Labute approximate surface area is 105 Å². The summed E-state index contributed by atoms with van der Waals surface area (Å²) in [5.41, 5.74) is 6.55. The molecule has 5 nitrogen and oxygen atoms in total. The number of nitrogens with two attached hydrogens (primary N) is 1. The van der Waals surface area contributed by atoms with E-state index in [1.54, 1.807) is 23.9 Å². The van der Waals surface area contributed by atoms with Gasteiger partial charge in [0.2, 0.25) is 0 Å². The van der Waals surface area contributed by atoms with Gasteiger partial charge in [-0.15, -0.1) is 0 Å². The van der Waals surface area contributed by atoms with E-state index in [0.29, 0.717) is 11.5 Å². The molecule has 1 aromatic rings. The first-order valence-corrected chi connectivity index (χ1v) is 6.66.